The molecule has 17 heteroatoms. The molecule has 3 N–H and O–H groups in total. The number of hydrogen-bond donors (Lipinski definition) is 3. The summed E-state index contributed by atoms with van der Waals surface area (Å²) in [4.78, 5) is 51.2. The molecule has 0 spiro atoms. The first-order chi connectivity index (χ1) is 32.4. The highest BCUT2D eigenvalue weighted by Gasteiger charge is 2.33. The lowest BCUT2D eigenvalue weighted by atomic mass is 9.91. The molecular weight excluding hydrogens is 937 g/mol. The lowest BCUT2D eigenvalue weighted by molar-refractivity contribution is -0.191. The van der Waals surface area contributed by atoms with Crippen LogP contribution in [0.25, 0.3) is 0 Å². The summed E-state index contributed by atoms with van der Waals surface area (Å²) in [5.41, 5.74) is 9.64. The summed E-state index contributed by atoms with van der Waals surface area (Å²) < 4.78 is 54.3. The maximum Gasteiger partial charge on any atom is 0.380 e. The van der Waals surface area contributed by atoms with Gasteiger partial charge in [0, 0.05) is 36.4 Å². The van der Waals surface area contributed by atoms with Gasteiger partial charge in [0.1, 0.15) is 47.3 Å². The molecule has 0 amide bonds. The molecule has 372 valence electrons. The van der Waals surface area contributed by atoms with Crippen molar-refractivity contribution in [2.24, 2.45) is 0 Å². The van der Waals surface area contributed by atoms with Crippen molar-refractivity contribution in [3.8, 4) is 23.0 Å². The number of fused-ring (bicyclic) bond motifs is 2. The standard InChI is InChI=1S/C26H35O6PSi.C25H32NO5P.CO2/c1-18(17-33(28,29)32-21-10-8-7-9-11-21)12-13-22-19(2)20(3)23-16-31-26(27)24(23)25(22)30-14-15-34(4,5)6;1-6-17(3)26-32(29,31-20-10-8-7-9-11-20)15-16(2)12-13-21-18(4)19(5)22-14-30-25(28)23(22)24(21)27;2-1-3/h7-12H,13-17H2,1-6H3,(H,28,29);7-12,17,27H,6,13-15H2,1-5H3,(H,26,29);/b18-12+;16-12+;/t;17-,32?;/m.0./s1. The van der Waals surface area contributed by atoms with Crippen LogP contribution in [0.2, 0.25) is 25.7 Å². The highest BCUT2D eigenvalue weighted by Crippen LogP contribution is 2.47. The van der Waals surface area contributed by atoms with Crippen LogP contribution in [-0.2, 0) is 54.2 Å². The quantitative estimate of drug-likeness (QED) is 0.0346. The molecule has 4 aromatic rings. The van der Waals surface area contributed by atoms with Gasteiger partial charge in [-0.1, -0.05) is 86.3 Å². The molecule has 2 unspecified atom stereocenters. The SMILES string of the molecule is C/C(=C\Cc1c(C)c(C)c2c(c1OCC[Si](C)(C)C)C(=O)OC2)CP(=O)(O)Oc1ccccc1.CC[C@H](C)NP(=O)(C/C(C)=C/Cc1c(C)c(C)c2c(c1O)C(=O)OC2)Oc1ccccc1.O=C=O. The van der Waals surface area contributed by atoms with Gasteiger partial charge in [-0.2, -0.15) is 9.59 Å². The van der Waals surface area contributed by atoms with E-state index in [0.717, 1.165) is 62.6 Å². The van der Waals surface area contributed by atoms with Gasteiger partial charge < -0.3 is 33.3 Å². The lowest BCUT2D eigenvalue weighted by Gasteiger charge is -2.24. The minimum absolute atomic E-state index is 0.0175. The van der Waals surface area contributed by atoms with Crippen molar-refractivity contribution in [1.82, 2.24) is 5.09 Å². The molecule has 2 aliphatic rings. The van der Waals surface area contributed by atoms with Crippen LogP contribution < -0.4 is 18.9 Å². The number of nitrogens with one attached hydrogen (secondary N) is 1. The Morgan fingerprint density at radius 1 is 0.768 bits per heavy atom. The van der Waals surface area contributed by atoms with E-state index in [0.29, 0.717) is 47.8 Å². The number of ether oxygens (including phenoxy) is 3. The Kier molecular flexibility index (Phi) is 20.2. The summed E-state index contributed by atoms with van der Waals surface area (Å²) in [5.74, 6) is 0.662. The zero-order valence-electron chi connectivity index (χ0n) is 41.6. The molecule has 14 nitrogen and oxygen atoms in total. The fourth-order valence-electron chi connectivity index (χ4n) is 7.73. The number of allylic oxidation sites excluding steroid dienone is 4. The number of carbonyl (C=O) groups is 2. The monoisotopic (exact) mass is 1000 g/mol. The minimum atomic E-state index is -3.85. The number of benzene rings is 4. The number of aromatic hydroxyl groups is 1. The first-order valence-corrected chi connectivity index (χ1v) is 30.2. The Morgan fingerprint density at radius 2 is 1.23 bits per heavy atom. The molecular formula is C52H67NO13P2Si. The van der Waals surface area contributed by atoms with Gasteiger partial charge in [-0.15, -0.1) is 0 Å². The van der Waals surface area contributed by atoms with Crippen molar-refractivity contribution in [3.63, 3.8) is 0 Å². The average molecular weight is 1000 g/mol. The van der Waals surface area contributed by atoms with Gasteiger partial charge in [0.25, 0.3) is 0 Å². The third-order valence-electron chi connectivity index (χ3n) is 12.0. The highest BCUT2D eigenvalue weighted by atomic mass is 31.2. The fourth-order valence-corrected chi connectivity index (χ4v) is 12.0. The molecule has 0 bridgehead atoms. The lowest BCUT2D eigenvalue weighted by Crippen LogP contribution is -2.26. The first-order valence-electron chi connectivity index (χ1n) is 22.9. The van der Waals surface area contributed by atoms with Gasteiger partial charge in [0.05, 0.1) is 18.9 Å². The third kappa shape index (κ3) is 15.7. The summed E-state index contributed by atoms with van der Waals surface area (Å²) in [6, 6.07) is 18.8. The second-order valence-electron chi connectivity index (χ2n) is 18.6. The number of cyclic esters (lactones) is 2. The average Bonchev–Trinajstić information content (AvgIpc) is 3.86. The molecule has 0 aliphatic carbocycles. The second kappa shape index (κ2) is 24.9. The topological polar surface area (TPSA) is 201 Å². The zero-order chi connectivity index (χ0) is 51.3. The van der Waals surface area contributed by atoms with Gasteiger partial charge in [-0.05, 0) is 120 Å². The minimum Gasteiger partial charge on any atom is -0.507 e. The Morgan fingerprint density at radius 3 is 1.75 bits per heavy atom. The van der Waals surface area contributed by atoms with Crippen molar-refractivity contribution < 1.29 is 61.6 Å². The van der Waals surface area contributed by atoms with Crippen LogP contribution in [0.5, 0.6) is 23.0 Å². The number of hydrogen-bond acceptors (Lipinski definition) is 12. The molecule has 0 saturated carbocycles. The van der Waals surface area contributed by atoms with E-state index >= 15 is 0 Å². The molecule has 6 rings (SSSR count). The summed E-state index contributed by atoms with van der Waals surface area (Å²) in [7, 11) is -8.37. The van der Waals surface area contributed by atoms with E-state index in [4.69, 9.17) is 32.8 Å². The predicted octanol–water partition coefficient (Wildman–Crippen LogP) is 11.7. The summed E-state index contributed by atoms with van der Waals surface area (Å²) in [6.45, 7) is 23.5. The van der Waals surface area contributed by atoms with Crippen LogP contribution in [0.15, 0.2) is 84.0 Å². The van der Waals surface area contributed by atoms with E-state index in [1.165, 1.54) is 0 Å². The molecule has 0 aromatic heterocycles. The van der Waals surface area contributed by atoms with Crippen molar-refractivity contribution >= 4 is 41.3 Å². The van der Waals surface area contributed by atoms with Gasteiger partial charge in [0.15, 0.2) is 0 Å². The van der Waals surface area contributed by atoms with E-state index in [9.17, 15) is 28.7 Å². The fraction of sp³-hybridized carbons (Fsp3) is 0.404. The molecule has 0 fully saturated rings. The third-order valence-corrected chi connectivity index (χ3v) is 17.4. The second-order valence-corrected chi connectivity index (χ2v) is 28.1. The van der Waals surface area contributed by atoms with Gasteiger partial charge in [-0.3, -0.25) is 4.57 Å². The van der Waals surface area contributed by atoms with Crippen molar-refractivity contribution in [2.75, 3.05) is 18.9 Å². The Balaban J connectivity index is 0.000000285. The molecule has 2 aliphatic heterocycles. The van der Waals surface area contributed by atoms with Crippen molar-refractivity contribution in [3.05, 3.63) is 140 Å². The van der Waals surface area contributed by atoms with Crippen molar-refractivity contribution in [2.45, 2.75) is 120 Å². The number of phenolic OH excluding ortho intramolecular Hbond substituents is 1. The van der Waals surface area contributed by atoms with E-state index in [2.05, 4.69) is 24.7 Å². The molecule has 69 heavy (non-hydrogen) atoms. The van der Waals surface area contributed by atoms with Crippen LogP contribution in [0.1, 0.15) is 99.3 Å². The van der Waals surface area contributed by atoms with Crippen molar-refractivity contribution in [1.29, 1.82) is 0 Å². The maximum atomic E-state index is 13.7. The Labute approximate surface area is 407 Å². The van der Waals surface area contributed by atoms with E-state index in [1.807, 2.05) is 91.8 Å². The van der Waals surface area contributed by atoms with Gasteiger partial charge in [-0.25, -0.2) is 19.2 Å². The van der Waals surface area contributed by atoms with Crippen LogP contribution >= 0.6 is 15.1 Å². The predicted molar refractivity (Wildman–Crippen MR) is 270 cm³/mol. The molecule has 0 radical (unpaired) electrons. The smallest absolute Gasteiger partial charge is 0.380 e. The molecule has 4 aromatic carbocycles. The van der Waals surface area contributed by atoms with Crippen LogP contribution in [0.4, 0.5) is 0 Å². The summed E-state index contributed by atoms with van der Waals surface area (Å²) in [6.07, 6.45) is 5.97. The van der Waals surface area contributed by atoms with Gasteiger partial charge >= 0.3 is 33.2 Å². The number of para-hydroxylation sites is 2. The van der Waals surface area contributed by atoms with E-state index in [1.54, 1.807) is 36.4 Å². The van der Waals surface area contributed by atoms with Crippen LogP contribution in [0.3, 0.4) is 0 Å². The van der Waals surface area contributed by atoms with Gasteiger partial charge in [0.2, 0.25) is 0 Å². The number of phenols is 1. The first kappa shape index (κ1) is 56.1. The van der Waals surface area contributed by atoms with Crippen LogP contribution in [0, 0.1) is 27.7 Å². The van der Waals surface area contributed by atoms with Crippen LogP contribution in [-0.4, -0.2) is 61.1 Å². The molecule has 3 atom stereocenters. The normalized spacial score (nSPS) is 15.3. The highest BCUT2D eigenvalue weighted by molar-refractivity contribution is 7.57. The molecule has 0 saturated heterocycles. The summed E-state index contributed by atoms with van der Waals surface area (Å²) in [5, 5.41) is 13.9. The zero-order valence-corrected chi connectivity index (χ0v) is 44.4. The number of esters is 2. The number of carbonyl (C=O) groups excluding carboxylic acids is 4. The summed E-state index contributed by atoms with van der Waals surface area (Å²) >= 11 is 0. The largest absolute Gasteiger partial charge is 0.507 e. The Bertz CT molecular complexity index is 2670. The van der Waals surface area contributed by atoms with E-state index in [-0.39, 0.29) is 55.0 Å². The number of rotatable bonds is 19. The van der Waals surface area contributed by atoms with E-state index < -0.39 is 29.2 Å². The molecule has 2 heterocycles. The Hall–Kier alpha value is -5.52. The maximum absolute atomic E-state index is 13.7.